The number of hydrogen-bond acceptors (Lipinski definition) is 10. The number of piperidine rings is 1. The van der Waals surface area contributed by atoms with Crippen LogP contribution in [0.4, 0.5) is 51.3 Å². The Balaban J connectivity index is 1.30. The van der Waals surface area contributed by atoms with Gasteiger partial charge in [0.25, 0.3) is 11.8 Å². The topological polar surface area (TPSA) is 183 Å². The second kappa shape index (κ2) is 18.0. The number of sulfonamides is 1. The molecule has 62 heavy (non-hydrogen) atoms. The van der Waals surface area contributed by atoms with E-state index in [0.29, 0.717) is 52.8 Å². The summed E-state index contributed by atoms with van der Waals surface area (Å²) in [7, 11) is -10.3. The lowest BCUT2D eigenvalue weighted by Gasteiger charge is -2.42. The number of carbonyl (C=O) groups excluding carboxylic acids is 3. The minimum absolute atomic E-state index is 0.0156. The third kappa shape index (κ3) is 9.23. The van der Waals surface area contributed by atoms with E-state index in [2.05, 4.69) is 0 Å². The number of ether oxygens (including phenoxy) is 1. The molecule has 4 aromatic carbocycles. The minimum atomic E-state index is -5.32. The highest BCUT2D eigenvalue weighted by Gasteiger charge is 2.53. The highest BCUT2D eigenvalue weighted by Crippen LogP contribution is 2.40. The number of nitrogens with zero attached hydrogens (tertiary/aromatic N) is 3. The van der Waals surface area contributed by atoms with E-state index in [0.717, 1.165) is 17.0 Å². The molecule has 2 aliphatic rings. The van der Waals surface area contributed by atoms with E-state index in [4.69, 9.17) is 4.74 Å². The van der Waals surface area contributed by atoms with E-state index in [1.807, 2.05) is 10.6 Å². The van der Waals surface area contributed by atoms with Gasteiger partial charge in [0, 0.05) is 105 Å². The zero-order valence-electron chi connectivity index (χ0n) is 31.7. The van der Waals surface area contributed by atoms with E-state index >= 15 is 8.78 Å². The fourth-order valence-corrected chi connectivity index (χ4v) is 10.1. The van der Waals surface area contributed by atoms with E-state index in [9.17, 15) is 62.7 Å². The van der Waals surface area contributed by atoms with Crippen molar-refractivity contribution in [3.8, 4) is 0 Å². The number of sulfone groups is 1. The van der Waals surface area contributed by atoms with Crippen molar-refractivity contribution >= 4 is 49.1 Å². The largest absolute Gasteiger partial charge is 0.426 e. The van der Waals surface area contributed by atoms with Crippen molar-refractivity contribution in [3.05, 3.63) is 118 Å². The fourth-order valence-electron chi connectivity index (χ4n) is 6.71. The van der Waals surface area contributed by atoms with Gasteiger partial charge in [0.15, 0.2) is 34.9 Å². The molecule has 0 radical (unpaired) electrons. The molecule has 2 heterocycles. The van der Waals surface area contributed by atoms with Crippen LogP contribution in [-0.2, 0) is 24.6 Å². The molecule has 3 N–H and O–H groups in total. The molecule has 2 aliphatic heterocycles. The average Bonchev–Trinajstić information content (AvgIpc) is 3.22. The molecule has 6 rings (SSSR count). The first kappa shape index (κ1) is 45.8. The maximum atomic E-state index is 15.6. The van der Waals surface area contributed by atoms with E-state index < -0.39 is 147 Å². The second-order valence-electron chi connectivity index (χ2n) is 13.9. The number of aliphatic hydroxyl groups is 1. The van der Waals surface area contributed by atoms with Crippen molar-refractivity contribution in [1.82, 2.24) is 14.1 Å². The SMILES string of the molecule is O=C(Nc1cc(F)c(F)c(F)c1)c1ccc(F)c(S(=O)(=O)N2CCC(OC(=O)N3CCN(CCO)CC3)(S(=O)(=O)c3cc(C(=O)Nc4cc(F)c(F)c(F)c4)ccc3F)CC2)c1. The molecule has 24 heteroatoms. The Bertz CT molecular complexity index is 2620. The molecule has 2 fully saturated rings. The van der Waals surface area contributed by atoms with Gasteiger partial charge >= 0.3 is 6.09 Å². The summed E-state index contributed by atoms with van der Waals surface area (Å²) in [6, 6.07) is 5.60. The van der Waals surface area contributed by atoms with Gasteiger partial charge in [-0.3, -0.25) is 14.5 Å². The number of nitrogens with one attached hydrogen (secondary N) is 2. The van der Waals surface area contributed by atoms with Crippen LogP contribution >= 0.6 is 0 Å². The Labute approximate surface area is 347 Å². The lowest BCUT2D eigenvalue weighted by molar-refractivity contribution is 0.00435. The predicted molar refractivity (Wildman–Crippen MR) is 201 cm³/mol. The number of hydrogen-bond donors (Lipinski definition) is 3. The number of halogens is 8. The molecule has 14 nitrogen and oxygen atoms in total. The van der Waals surface area contributed by atoms with E-state index in [1.54, 1.807) is 4.90 Å². The van der Waals surface area contributed by atoms with Crippen molar-refractivity contribution in [1.29, 1.82) is 0 Å². The highest BCUT2D eigenvalue weighted by molar-refractivity contribution is 7.92. The Morgan fingerprint density at radius 2 is 1.05 bits per heavy atom. The predicted octanol–water partition coefficient (Wildman–Crippen LogP) is 5.01. The van der Waals surface area contributed by atoms with Crippen LogP contribution in [0.15, 0.2) is 70.5 Å². The molecular weight excluding hydrogens is 887 g/mol. The first-order valence-corrected chi connectivity index (χ1v) is 21.2. The summed E-state index contributed by atoms with van der Waals surface area (Å²) in [4.78, 5) is 37.5. The van der Waals surface area contributed by atoms with Crippen LogP contribution < -0.4 is 10.6 Å². The van der Waals surface area contributed by atoms with Crippen LogP contribution in [0, 0.1) is 46.5 Å². The van der Waals surface area contributed by atoms with E-state index in [1.165, 1.54) is 0 Å². The summed E-state index contributed by atoms with van der Waals surface area (Å²) in [6.45, 7) is -1.17. The standard InChI is InChI=1S/C38H33F8N5O9S2/c39-25-3-1-21(35(53)47-23-17-27(41)33(45)28(42)18-23)15-31(25)61(56,57)38(60-37(55)50-11-9-49(10-12-50)13-14-52)5-7-51(8-6-38)62(58,59)32-16-22(2-4-26(32)40)36(54)48-24-19-29(43)34(46)30(44)20-24/h1-4,15-20,52H,5-14H2,(H,47,53)(H,48,54). The molecule has 0 unspecified atom stereocenters. The number of rotatable bonds is 11. The maximum absolute atomic E-state index is 15.6. The Morgan fingerprint density at radius 1 is 0.613 bits per heavy atom. The molecule has 0 aromatic heterocycles. The first-order valence-electron chi connectivity index (χ1n) is 18.2. The van der Waals surface area contributed by atoms with Gasteiger partial charge in [-0.25, -0.2) is 56.8 Å². The monoisotopic (exact) mass is 919 g/mol. The number of β-amino-alcohol motifs (C(OH)–C–C–N with tert-alkyl or cyclic N) is 1. The number of amides is 3. The summed E-state index contributed by atoms with van der Waals surface area (Å²) in [5.74, 6) is -15.6. The minimum Gasteiger partial charge on any atom is -0.426 e. The van der Waals surface area contributed by atoms with E-state index in [-0.39, 0.29) is 39.3 Å². The maximum Gasteiger partial charge on any atom is 0.411 e. The molecule has 0 saturated carbocycles. The van der Waals surface area contributed by atoms with Gasteiger partial charge < -0.3 is 25.4 Å². The van der Waals surface area contributed by atoms with Crippen LogP contribution in [0.2, 0.25) is 0 Å². The lowest BCUT2D eigenvalue weighted by Crippen LogP contribution is -2.56. The van der Waals surface area contributed by atoms with Crippen LogP contribution in [0.3, 0.4) is 0 Å². The Kier molecular flexibility index (Phi) is 13.3. The average molecular weight is 920 g/mol. The Hall–Kier alpha value is -5.69. The van der Waals surface area contributed by atoms with Gasteiger partial charge in [0.1, 0.15) is 21.4 Å². The summed E-state index contributed by atoms with van der Waals surface area (Å²) in [6.07, 6.45) is -3.05. The molecule has 4 aromatic rings. The zero-order chi connectivity index (χ0) is 45.3. The number of aliphatic hydroxyl groups excluding tert-OH is 1. The second-order valence-corrected chi connectivity index (χ2v) is 18.0. The third-order valence-electron chi connectivity index (χ3n) is 10.1. The molecule has 2 saturated heterocycles. The lowest BCUT2D eigenvalue weighted by atomic mass is 10.1. The van der Waals surface area contributed by atoms with Crippen LogP contribution in [0.5, 0.6) is 0 Å². The molecule has 0 atom stereocenters. The van der Waals surface area contributed by atoms with Gasteiger partial charge in [-0.1, -0.05) is 0 Å². The van der Waals surface area contributed by atoms with Gasteiger partial charge in [0.2, 0.25) is 24.8 Å². The third-order valence-corrected chi connectivity index (χ3v) is 14.3. The number of anilines is 2. The van der Waals surface area contributed by atoms with Gasteiger partial charge in [-0.05, 0) is 36.4 Å². The quantitative estimate of drug-likeness (QED) is 0.137. The van der Waals surface area contributed by atoms with Gasteiger partial charge in [0.05, 0.1) is 6.61 Å². The normalized spacial score (nSPS) is 16.2. The molecular formula is C38H33F8N5O9S2. The molecule has 332 valence electrons. The van der Waals surface area contributed by atoms with Crippen molar-refractivity contribution < 1.29 is 76.2 Å². The summed E-state index contributed by atoms with van der Waals surface area (Å²) in [5.41, 5.74) is -2.33. The first-order chi connectivity index (χ1) is 29.2. The summed E-state index contributed by atoms with van der Waals surface area (Å²) < 4.78 is 176. The van der Waals surface area contributed by atoms with Crippen molar-refractivity contribution in [3.63, 3.8) is 0 Å². The Morgan fingerprint density at radius 3 is 1.50 bits per heavy atom. The van der Waals surface area contributed by atoms with Crippen LogP contribution in [0.1, 0.15) is 33.6 Å². The van der Waals surface area contributed by atoms with Gasteiger partial charge in [-0.2, -0.15) is 4.31 Å². The van der Waals surface area contributed by atoms with Crippen LogP contribution in [0.25, 0.3) is 0 Å². The zero-order valence-corrected chi connectivity index (χ0v) is 33.4. The van der Waals surface area contributed by atoms with Gasteiger partial charge in [-0.15, -0.1) is 0 Å². The summed E-state index contributed by atoms with van der Waals surface area (Å²) in [5, 5.41) is 13.3. The van der Waals surface area contributed by atoms with Crippen molar-refractivity contribution in [2.45, 2.75) is 27.6 Å². The van der Waals surface area contributed by atoms with Crippen LogP contribution in [-0.4, -0.2) is 111 Å². The molecule has 0 spiro atoms. The van der Waals surface area contributed by atoms with Crippen molar-refractivity contribution in [2.24, 2.45) is 0 Å². The molecule has 3 amide bonds. The number of benzene rings is 4. The smallest absolute Gasteiger partial charge is 0.411 e. The fraction of sp³-hybridized carbons (Fsp3) is 0.289. The van der Waals surface area contributed by atoms with Crippen molar-refractivity contribution in [2.75, 3.05) is 63.1 Å². The number of carbonyl (C=O) groups is 3. The number of piperazine rings is 1. The molecule has 0 aliphatic carbocycles. The molecule has 0 bridgehead atoms. The summed E-state index contributed by atoms with van der Waals surface area (Å²) >= 11 is 0. The highest BCUT2D eigenvalue weighted by atomic mass is 32.2.